The fourth-order valence-corrected chi connectivity index (χ4v) is 1.95. The van der Waals surface area contributed by atoms with Crippen LogP contribution in [0.25, 0.3) is 0 Å². The van der Waals surface area contributed by atoms with E-state index in [1.165, 1.54) is 6.08 Å². The number of nitrogens with one attached hydrogen (secondary N) is 2. The number of carboxylic acid groups (broad SMARTS) is 1. The predicted molar refractivity (Wildman–Crippen MR) is 80.6 cm³/mol. The Hall–Kier alpha value is -1.36. The molecule has 0 spiro atoms. The van der Waals surface area contributed by atoms with Gasteiger partial charge < -0.3 is 15.7 Å². The first-order valence-electron chi connectivity index (χ1n) is 7.40. The molecule has 5 nitrogen and oxygen atoms in total. The van der Waals surface area contributed by atoms with E-state index in [9.17, 15) is 9.59 Å². The third kappa shape index (κ3) is 9.55. The maximum atomic E-state index is 11.1. The molecule has 0 aliphatic rings. The molecular formula is C15H28N2O3. The second kappa shape index (κ2) is 11.5. The van der Waals surface area contributed by atoms with E-state index in [1.807, 2.05) is 6.92 Å². The predicted octanol–water partition coefficient (Wildman–Crippen LogP) is 2.08. The summed E-state index contributed by atoms with van der Waals surface area (Å²) in [6.07, 6.45) is 6.62. The van der Waals surface area contributed by atoms with Crippen molar-refractivity contribution in [2.24, 2.45) is 0 Å². The number of carboxylic acids is 1. The van der Waals surface area contributed by atoms with Crippen molar-refractivity contribution in [1.29, 1.82) is 0 Å². The van der Waals surface area contributed by atoms with Gasteiger partial charge in [0.25, 0.3) is 0 Å². The van der Waals surface area contributed by atoms with Gasteiger partial charge >= 0.3 is 5.97 Å². The van der Waals surface area contributed by atoms with Gasteiger partial charge in [-0.3, -0.25) is 9.59 Å². The van der Waals surface area contributed by atoms with Crippen LogP contribution in [0.1, 0.15) is 52.4 Å². The molecule has 2 unspecified atom stereocenters. The van der Waals surface area contributed by atoms with Crippen molar-refractivity contribution in [2.45, 2.75) is 64.5 Å². The lowest BCUT2D eigenvalue weighted by atomic mass is 10.1. The van der Waals surface area contributed by atoms with Gasteiger partial charge in [-0.1, -0.05) is 32.8 Å². The van der Waals surface area contributed by atoms with Gasteiger partial charge in [0.15, 0.2) is 0 Å². The highest BCUT2D eigenvalue weighted by atomic mass is 16.4. The molecule has 0 fully saturated rings. The van der Waals surface area contributed by atoms with E-state index >= 15 is 0 Å². The summed E-state index contributed by atoms with van der Waals surface area (Å²) in [5.41, 5.74) is 0. The molecule has 3 N–H and O–H groups in total. The molecule has 0 radical (unpaired) electrons. The zero-order valence-corrected chi connectivity index (χ0v) is 12.7. The van der Waals surface area contributed by atoms with Crippen molar-refractivity contribution in [2.75, 3.05) is 6.54 Å². The van der Waals surface area contributed by atoms with Gasteiger partial charge in [-0.25, -0.2) is 0 Å². The molecule has 1 amide bonds. The van der Waals surface area contributed by atoms with Crippen LogP contribution in [0.15, 0.2) is 12.7 Å². The molecule has 0 rings (SSSR count). The standard InChI is InChI=1S/C15H28N2O3/c1-4-6-10-13(15(19)20)16-11-8-7-9-12(3)17-14(18)5-2/h5,12-13,16H,2,4,6-11H2,1,3H3,(H,17,18)(H,19,20). The van der Waals surface area contributed by atoms with Gasteiger partial charge in [-0.15, -0.1) is 0 Å². The second-order valence-corrected chi connectivity index (χ2v) is 5.10. The molecule has 0 saturated heterocycles. The first kappa shape index (κ1) is 18.6. The quantitative estimate of drug-likeness (QED) is 0.379. The third-order valence-electron chi connectivity index (χ3n) is 3.17. The molecule has 20 heavy (non-hydrogen) atoms. The fraction of sp³-hybridized carbons (Fsp3) is 0.733. The van der Waals surface area contributed by atoms with E-state index in [1.54, 1.807) is 0 Å². The number of hydrogen-bond donors (Lipinski definition) is 3. The Bertz CT molecular complexity index is 305. The van der Waals surface area contributed by atoms with Crippen molar-refractivity contribution in [1.82, 2.24) is 10.6 Å². The van der Waals surface area contributed by atoms with E-state index in [0.29, 0.717) is 13.0 Å². The molecule has 0 heterocycles. The summed E-state index contributed by atoms with van der Waals surface area (Å²) in [5.74, 6) is -0.925. The molecule has 0 aliphatic carbocycles. The smallest absolute Gasteiger partial charge is 0.320 e. The Morgan fingerprint density at radius 3 is 2.50 bits per heavy atom. The summed E-state index contributed by atoms with van der Waals surface area (Å²) >= 11 is 0. The largest absolute Gasteiger partial charge is 0.480 e. The Balaban J connectivity index is 3.70. The second-order valence-electron chi connectivity index (χ2n) is 5.10. The van der Waals surface area contributed by atoms with Crippen LogP contribution in [0.2, 0.25) is 0 Å². The van der Waals surface area contributed by atoms with Crippen LogP contribution in [0, 0.1) is 0 Å². The molecule has 116 valence electrons. The first-order chi connectivity index (χ1) is 9.51. The Morgan fingerprint density at radius 1 is 1.25 bits per heavy atom. The maximum absolute atomic E-state index is 11.1. The number of carbonyl (C=O) groups excluding carboxylic acids is 1. The molecule has 5 heteroatoms. The lowest BCUT2D eigenvalue weighted by Crippen LogP contribution is -2.37. The third-order valence-corrected chi connectivity index (χ3v) is 3.17. The fourth-order valence-electron chi connectivity index (χ4n) is 1.95. The highest BCUT2D eigenvalue weighted by molar-refractivity contribution is 5.87. The number of hydrogen-bond acceptors (Lipinski definition) is 3. The molecule has 0 saturated carbocycles. The Kier molecular flexibility index (Phi) is 10.7. The van der Waals surface area contributed by atoms with E-state index < -0.39 is 12.0 Å². The van der Waals surface area contributed by atoms with Crippen molar-refractivity contribution >= 4 is 11.9 Å². The molecular weight excluding hydrogens is 256 g/mol. The zero-order chi connectivity index (χ0) is 15.4. The number of carbonyl (C=O) groups is 2. The average molecular weight is 284 g/mol. The van der Waals surface area contributed by atoms with Crippen LogP contribution in [0.4, 0.5) is 0 Å². The van der Waals surface area contributed by atoms with Gasteiger partial charge in [-0.05, 0) is 38.8 Å². The Morgan fingerprint density at radius 2 is 1.95 bits per heavy atom. The number of unbranched alkanes of at least 4 members (excludes halogenated alkanes) is 2. The summed E-state index contributed by atoms with van der Waals surface area (Å²) in [4.78, 5) is 22.1. The van der Waals surface area contributed by atoms with Gasteiger partial charge in [-0.2, -0.15) is 0 Å². The molecule has 0 aromatic carbocycles. The first-order valence-corrected chi connectivity index (χ1v) is 7.40. The summed E-state index contributed by atoms with van der Waals surface area (Å²) in [6.45, 7) is 8.11. The summed E-state index contributed by atoms with van der Waals surface area (Å²) in [7, 11) is 0. The summed E-state index contributed by atoms with van der Waals surface area (Å²) < 4.78 is 0. The van der Waals surface area contributed by atoms with Crippen LogP contribution in [-0.2, 0) is 9.59 Å². The van der Waals surface area contributed by atoms with E-state index in [2.05, 4.69) is 24.1 Å². The minimum absolute atomic E-state index is 0.121. The minimum atomic E-state index is -0.773. The van der Waals surface area contributed by atoms with E-state index in [4.69, 9.17) is 5.11 Å². The van der Waals surface area contributed by atoms with Gasteiger partial charge in [0.05, 0.1) is 0 Å². The van der Waals surface area contributed by atoms with Gasteiger partial charge in [0, 0.05) is 6.04 Å². The Labute approximate surface area is 121 Å². The average Bonchev–Trinajstić information content (AvgIpc) is 2.41. The van der Waals surface area contributed by atoms with E-state index in [-0.39, 0.29) is 11.9 Å². The van der Waals surface area contributed by atoms with Crippen LogP contribution in [0.5, 0.6) is 0 Å². The van der Waals surface area contributed by atoms with Crippen molar-refractivity contribution in [3.05, 3.63) is 12.7 Å². The normalized spacial score (nSPS) is 13.5. The van der Waals surface area contributed by atoms with Gasteiger partial charge in [0.1, 0.15) is 6.04 Å². The molecule has 0 aromatic heterocycles. The lowest BCUT2D eigenvalue weighted by Gasteiger charge is -2.15. The van der Waals surface area contributed by atoms with Crippen molar-refractivity contribution in [3.8, 4) is 0 Å². The number of rotatable bonds is 12. The van der Waals surface area contributed by atoms with Crippen LogP contribution in [-0.4, -0.2) is 35.6 Å². The monoisotopic (exact) mass is 284 g/mol. The van der Waals surface area contributed by atoms with Crippen molar-refractivity contribution in [3.63, 3.8) is 0 Å². The molecule has 0 aromatic rings. The van der Waals surface area contributed by atoms with Crippen LogP contribution < -0.4 is 10.6 Å². The summed E-state index contributed by atoms with van der Waals surface area (Å²) in [5, 5.41) is 14.9. The van der Waals surface area contributed by atoms with Crippen LogP contribution in [0.3, 0.4) is 0 Å². The maximum Gasteiger partial charge on any atom is 0.320 e. The summed E-state index contributed by atoms with van der Waals surface area (Å²) in [6, 6.07) is -0.316. The minimum Gasteiger partial charge on any atom is -0.480 e. The van der Waals surface area contributed by atoms with Gasteiger partial charge in [0.2, 0.25) is 5.91 Å². The molecule has 0 aliphatic heterocycles. The highest BCUT2D eigenvalue weighted by Gasteiger charge is 2.15. The van der Waals surface area contributed by atoms with Crippen LogP contribution >= 0.6 is 0 Å². The highest BCUT2D eigenvalue weighted by Crippen LogP contribution is 2.03. The number of aliphatic carboxylic acids is 1. The number of amides is 1. The lowest BCUT2D eigenvalue weighted by molar-refractivity contribution is -0.139. The van der Waals surface area contributed by atoms with E-state index in [0.717, 1.165) is 32.1 Å². The van der Waals surface area contributed by atoms with Crippen molar-refractivity contribution < 1.29 is 14.7 Å². The molecule has 0 bridgehead atoms. The molecule has 2 atom stereocenters. The zero-order valence-electron chi connectivity index (χ0n) is 12.7. The SMILES string of the molecule is C=CC(=O)NC(C)CCCCNC(CCCC)C(=O)O. The topological polar surface area (TPSA) is 78.4 Å².